The van der Waals surface area contributed by atoms with Crippen LogP contribution in [0.25, 0.3) is 0 Å². The van der Waals surface area contributed by atoms with E-state index in [4.69, 9.17) is 4.74 Å². The van der Waals surface area contributed by atoms with Gasteiger partial charge in [0.15, 0.2) is 0 Å². The summed E-state index contributed by atoms with van der Waals surface area (Å²) in [6, 6.07) is 11.0. The van der Waals surface area contributed by atoms with Gasteiger partial charge in [0.1, 0.15) is 5.82 Å². The van der Waals surface area contributed by atoms with E-state index >= 15 is 0 Å². The summed E-state index contributed by atoms with van der Waals surface area (Å²) in [6.45, 7) is 8.15. The van der Waals surface area contributed by atoms with Gasteiger partial charge >= 0.3 is 0 Å². The normalized spacial score (nSPS) is 19.8. The first-order valence-corrected chi connectivity index (χ1v) is 10.4. The number of benzene rings is 1. The lowest BCUT2D eigenvalue weighted by atomic mass is 9.88. The molecule has 1 aliphatic rings. The standard InChI is InChI=1S/C23H32FN3O2/c1-17(2)23(28)27(10-11-29-3)14-19-13-26(15-21-8-5-9-25-21)16-22(19)18-6-4-7-20(24)12-18/h4-9,12,17,19,22,25H,10-11,13-16H2,1-3H3/t19-,22-/m1/s1. The highest BCUT2D eigenvalue weighted by atomic mass is 19.1. The molecule has 0 bridgehead atoms. The van der Waals surface area contributed by atoms with E-state index in [9.17, 15) is 9.18 Å². The Morgan fingerprint density at radius 3 is 2.79 bits per heavy atom. The van der Waals surface area contributed by atoms with Gasteiger partial charge in [0.05, 0.1) is 6.61 Å². The van der Waals surface area contributed by atoms with Crippen molar-refractivity contribution < 1.29 is 13.9 Å². The number of methoxy groups -OCH3 is 1. The number of amides is 1. The predicted octanol–water partition coefficient (Wildman–Crippen LogP) is 3.50. The fourth-order valence-electron chi connectivity index (χ4n) is 4.24. The van der Waals surface area contributed by atoms with Crippen molar-refractivity contribution in [2.75, 3.05) is 39.9 Å². The number of aromatic nitrogens is 1. The first-order chi connectivity index (χ1) is 14.0. The Morgan fingerprint density at radius 1 is 1.31 bits per heavy atom. The Balaban J connectivity index is 1.79. The number of aromatic amines is 1. The van der Waals surface area contributed by atoms with Crippen molar-refractivity contribution in [1.82, 2.24) is 14.8 Å². The molecule has 0 unspecified atom stereocenters. The number of rotatable bonds is 9. The van der Waals surface area contributed by atoms with Crippen LogP contribution in [0.15, 0.2) is 42.6 Å². The van der Waals surface area contributed by atoms with Crippen molar-refractivity contribution in [3.05, 3.63) is 59.7 Å². The minimum absolute atomic E-state index is 0.0594. The number of likely N-dealkylation sites (tertiary alicyclic amines) is 1. The lowest BCUT2D eigenvalue weighted by molar-refractivity contribution is -0.135. The quantitative estimate of drug-likeness (QED) is 0.700. The van der Waals surface area contributed by atoms with Crippen molar-refractivity contribution in [2.24, 2.45) is 11.8 Å². The average molecular weight is 402 g/mol. The molecule has 1 aromatic heterocycles. The van der Waals surface area contributed by atoms with E-state index in [-0.39, 0.29) is 29.5 Å². The average Bonchev–Trinajstić information content (AvgIpc) is 3.34. The van der Waals surface area contributed by atoms with Gasteiger partial charge in [-0.25, -0.2) is 4.39 Å². The van der Waals surface area contributed by atoms with Gasteiger partial charge in [-0.15, -0.1) is 0 Å². The van der Waals surface area contributed by atoms with Crippen molar-refractivity contribution >= 4 is 5.91 Å². The first kappa shape index (κ1) is 21.5. The summed E-state index contributed by atoms with van der Waals surface area (Å²) in [7, 11) is 1.65. The Hall–Kier alpha value is -2.18. The second kappa shape index (κ2) is 10.0. The van der Waals surface area contributed by atoms with Crippen LogP contribution in [0.3, 0.4) is 0 Å². The van der Waals surface area contributed by atoms with Crippen LogP contribution in [-0.4, -0.2) is 60.6 Å². The number of H-pyrrole nitrogens is 1. The topological polar surface area (TPSA) is 48.6 Å². The molecular formula is C23H32FN3O2. The molecule has 158 valence electrons. The van der Waals surface area contributed by atoms with Crippen LogP contribution in [0.5, 0.6) is 0 Å². The minimum Gasteiger partial charge on any atom is -0.383 e. The molecule has 1 aliphatic heterocycles. The van der Waals surface area contributed by atoms with Crippen LogP contribution in [0.2, 0.25) is 0 Å². The second-order valence-corrected chi connectivity index (χ2v) is 8.24. The molecule has 1 amide bonds. The molecule has 1 fully saturated rings. The summed E-state index contributed by atoms with van der Waals surface area (Å²) >= 11 is 0. The number of halogens is 1. The SMILES string of the molecule is COCCN(C[C@H]1CN(Cc2ccc[nH]2)C[C@@H]1c1cccc(F)c1)C(=O)C(C)C. The third-order valence-electron chi connectivity index (χ3n) is 5.68. The summed E-state index contributed by atoms with van der Waals surface area (Å²) < 4.78 is 19.1. The van der Waals surface area contributed by atoms with Gasteiger partial charge in [0.2, 0.25) is 5.91 Å². The van der Waals surface area contributed by atoms with Gasteiger partial charge in [-0.3, -0.25) is 9.69 Å². The molecule has 2 atom stereocenters. The van der Waals surface area contributed by atoms with Crippen LogP contribution >= 0.6 is 0 Å². The number of carbonyl (C=O) groups is 1. The Bertz CT molecular complexity index is 778. The van der Waals surface area contributed by atoms with Gasteiger partial charge in [-0.1, -0.05) is 26.0 Å². The Labute approximate surface area is 172 Å². The third kappa shape index (κ3) is 5.67. The maximum Gasteiger partial charge on any atom is 0.225 e. The van der Waals surface area contributed by atoms with E-state index in [1.165, 1.54) is 6.07 Å². The fourth-order valence-corrected chi connectivity index (χ4v) is 4.24. The summed E-state index contributed by atoms with van der Waals surface area (Å²) in [5.74, 6) is 0.300. The lowest BCUT2D eigenvalue weighted by Crippen LogP contribution is -2.41. The molecule has 1 N–H and O–H groups in total. The molecule has 0 aliphatic carbocycles. The van der Waals surface area contributed by atoms with Crippen LogP contribution < -0.4 is 0 Å². The van der Waals surface area contributed by atoms with Crippen molar-refractivity contribution in [3.8, 4) is 0 Å². The maximum absolute atomic E-state index is 13.9. The minimum atomic E-state index is -0.210. The number of nitrogens with one attached hydrogen (secondary N) is 1. The molecule has 0 saturated carbocycles. The van der Waals surface area contributed by atoms with E-state index in [0.717, 1.165) is 30.9 Å². The molecule has 0 radical (unpaired) electrons. The van der Waals surface area contributed by atoms with Gasteiger partial charge in [-0.05, 0) is 35.7 Å². The monoisotopic (exact) mass is 401 g/mol. The van der Waals surface area contributed by atoms with Crippen LogP contribution in [0.4, 0.5) is 4.39 Å². The molecule has 2 aromatic rings. The van der Waals surface area contributed by atoms with Gasteiger partial charge in [-0.2, -0.15) is 0 Å². The van der Waals surface area contributed by atoms with E-state index in [1.807, 2.05) is 37.1 Å². The number of hydrogen-bond acceptors (Lipinski definition) is 3. The highest BCUT2D eigenvalue weighted by Gasteiger charge is 2.36. The summed E-state index contributed by atoms with van der Waals surface area (Å²) in [5.41, 5.74) is 2.17. The molecule has 1 aromatic carbocycles. The maximum atomic E-state index is 13.9. The zero-order chi connectivity index (χ0) is 20.8. The van der Waals surface area contributed by atoms with E-state index in [0.29, 0.717) is 19.7 Å². The molecule has 2 heterocycles. The van der Waals surface area contributed by atoms with Crippen molar-refractivity contribution in [1.29, 1.82) is 0 Å². The van der Waals surface area contributed by atoms with Gasteiger partial charge in [0.25, 0.3) is 0 Å². The largest absolute Gasteiger partial charge is 0.383 e. The third-order valence-corrected chi connectivity index (χ3v) is 5.68. The zero-order valence-corrected chi connectivity index (χ0v) is 17.6. The number of carbonyl (C=O) groups excluding carboxylic acids is 1. The zero-order valence-electron chi connectivity index (χ0n) is 17.6. The fraction of sp³-hybridized carbons (Fsp3) is 0.522. The number of hydrogen-bond donors (Lipinski definition) is 1. The molecule has 1 saturated heterocycles. The van der Waals surface area contributed by atoms with Crippen LogP contribution in [0, 0.1) is 17.7 Å². The second-order valence-electron chi connectivity index (χ2n) is 8.24. The van der Waals surface area contributed by atoms with Gasteiger partial charge < -0.3 is 14.6 Å². The van der Waals surface area contributed by atoms with E-state index in [1.54, 1.807) is 19.2 Å². The highest BCUT2D eigenvalue weighted by molar-refractivity contribution is 5.78. The molecule has 5 nitrogen and oxygen atoms in total. The van der Waals surface area contributed by atoms with E-state index in [2.05, 4.69) is 16.0 Å². The number of ether oxygens (including phenoxy) is 1. The first-order valence-electron chi connectivity index (χ1n) is 10.4. The van der Waals surface area contributed by atoms with Crippen LogP contribution in [-0.2, 0) is 16.1 Å². The summed E-state index contributed by atoms with van der Waals surface area (Å²) in [6.07, 6.45) is 1.93. The lowest BCUT2D eigenvalue weighted by Gasteiger charge is -2.29. The number of nitrogens with zero attached hydrogens (tertiary/aromatic N) is 2. The van der Waals surface area contributed by atoms with Gasteiger partial charge in [0, 0.05) is 63.6 Å². The van der Waals surface area contributed by atoms with Crippen LogP contribution in [0.1, 0.15) is 31.0 Å². The summed E-state index contributed by atoms with van der Waals surface area (Å²) in [4.78, 5) is 20.3. The Morgan fingerprint density at radius 2 is 2.14 bits per heavy atom. The predicted molar refractivity (Wildman–Crippen MR) is 112 cm³/mol. The van der Waals surface area contributed by atoms with Crippen molar-refractivity contribution in [3.63, 3.8) is 0 Å². The molecule has 29 heavy (non-hydrogen) atoms. The summed E-state index contributed by atoms with van der Waals surface area (Å²) in [5, 5.41) is 0. The molecule has 3 rings (SSSR count). The van der Waals surface area contributed by atoms with Crippen molar-refractivity contribution in [2.45, 2.75) is 26.3 Å². The van der Waals surface area contributed by atoms with E-state index < -0.39 is 0 Å². The smallest absolute Gasteiger partial charge is 0.225 e. The Kier molecular flexibility index (Phi) is 7.45. The molecular weight excluding hydrogens is 369 g/mol. The highest BCUT2D eigenvalue weighted by Crippen LogP contribution is 2.34. The molecule has 6 heteroatoms. The molecule has 0 spiro atoms.